The molecule has 2 fully saturated rings. The van der Waals surface area contributed by atoms with Gasteiger partial charge in [0, 0.05) is 18.2 Å². The molecular weight excluding hydrogens is 294 g/mol. The average Bonchev–Trinajstić information content (AvgIpc) is 3.24. The van der Waals surface area contributed by atoms with Crippen molar-refractivity contribution in [1.29, 1.82) is 0 Å². The van der Waals surface area contributed by atoms with Crippen LogP contribution >= 0.6 is 0 Å². The lowest BCUT2D eigenvalue weighted by Gasteiger charge is -2.25. The van der Waals surface area contributed by atoms with E-state index in [-0.39, 0.29) is 17.2 Å². The molecule has 7 nitrogen and oxygen atoms in total. The van der Waals surface area contributed by atoms with Crippen LogP contribution in [0, 0.1) is 0 Å². The zero-order valence-corrected chi connectivity index (χ0v) is 12.8. The first-order valence-electron chi connectivity index (χ1n) is 8.12. The van der Waals surface area contributed by atoms with Crippen molar-refractivity contribution in [3.63, 3.8) is 0 Å². The number of carbonyl (C=O) groups excluding carboxylic acids is 1. The summed E-state index contributed by atoms with van der Waals surface area (Å²) in [5.74, 6) is 0.585. The van der Waals surface area contributed by atoms with Gasteiger partial charge in [-0.3, -0.25) is 14.3 Å². The van der Waals surface area contributed by atoms with E-state index >= 15 is 0 Å². The van der Waals surface area contributed by atoms with Crippen LogP contribution in [0.1, 0.15) is 66.1 Å². The Bertz CT molecular complexity index is 786. The van der Waals surface area contributed by atoms with Crippen molar-refractivity contribution < 1.29 is 4.79 Å². The van der Waals surface area contributed by atoms with Crippen LogP contribution < -0.4 is 10.9 Å². The number of aromatic amines is 1. The average molecular weight is 313 g/mol. The quantitative estimate of drug-likeness (QED) is 0.875. The van der Waals surface area contributed by atoms with E-state index in [0.29, 0.717) is 24.3 Å². The third-order valence-electron chi connectivity index (χ3n) is 4.50. The van der Waals surface area contributed by atoms with E-state index in [4.69, 9.17) is 0 Å². The predicted molar refractivity (Wildman–Crippen MR) is 83.1 cm³/mol. The Kier molecular flexibility index (Phi) is 3.48. The Morgan fingerprint density at radius 3 is 2.87 bits per heavy atom. The highest BCUT2D eigenvalue weighted by Gasteiger charge is 2.27. The first kappa shape index (κ1) is 14.2. The van der Waals surface area contributed by atoms with Crippen LogP contribution in [0.3, 0.4) is 0 Å². The van der Waals surface area contributed by atoms with E-state index in [2.05, 4.69) is 20.4 Å². The second-order valence-corrected chi connectivity index (χ2v) is 6.34. The molecule has 2 N–H and O–H groups in total. The highest BCUT2D eigenvalue weighted by molar-refractivity contribution is 5.92. The predicted octanol–water partition coefficient (Wildman–Crippen LogP) is 1.50. The Labute approximate surface area is 133 Å². The maximum Gasteiger partial charge on any atom is 0.270 e. The highest BCUT2D eigenvalue weighted by Crippen LogP contribution is 2.37. The highest BCUT2D eigenvalue weighted by atomic mass is 16.2. The van der Waals surface area contributed by atoms with Crippen LogP contribution in [-0.4, -0.2) is 25.7 Å². The first-order valence-corrected chi connectivity index (χ1v) is 8.12. The van der Waals surface area contributed by atoms with Gasteiger partial charge >= 0.3 is 0 Å². The van der Waals surface area contributed by atoms with Crippen LogP contribution in [0.4, 0.5) is 0 Å². The molecule has 120 valence electrons. The van der Waals surface area contributed by atoms with Crippen LogP contribution in [0.15, 0.2) is 23.1 Å². The minimum Gasteiger partial charge on any atom is -0.345 e. The maximum absolute atomic E-state index is 12.2. The van der Waals surface area contributed by atoms with Gasteiger partial charge in [-0.15, -0.1) is 0 Å². The van der Waals surface area contributed by atoms with Crippen molar-refractivity contribution in [2.24, 2.45) is 0 Å². The SMILES string of the molecule is O=C(NCc1ccn(C2CCC2)n1)c1cc(=O)[nH]c(C2CC2)n1. The molecule has 2 aliphatic rings. The van der Waals surface area contributed by atoms with Crippen molar-refractivity contribution in [3.8, 4) is 0 Å². The zero-order chi connectivity index (χ0) is 15.8. The molecule has 0 unspecified atom stereocenters. The molecule has 0 bridgehead atoms. The monoisotopic (exact) mass is 313 g/mol. The van der Waals surface area contributed by atoms with Crippen LogP contribution in [0.5, 0.6) is 0 Å². The number of hydrogen-bond donors (Lipinski definition) is 2. The second-order valence-electron chi connectivity index (χ2n) is 6.34. The summed E-state index contributed by atoms with van der Waals surface area (Å²) in [6.45, 7) is 0.339. The number of aromatic nitrogens is 4. The lowest BCUT2D eigenvalue weighted by Crippen LogP contribution is -2.27. The number of hydrogen-bond acceptors (Lipinski definition) is 4. The minimum atomic E-state index is -0.337. The number of rotatable bonds is 5. The van der Waals surface area contributed by atoms with Gasteiger partial charge in [0.05, 0.1) is 18.3 Å². The van der Waals surface area contributed by atoms with Crippen LogP contribution in [0.2, 0.25) is 0 Å². The lowest BCUT2D eigenvalue weighted by atomic mass is 9.93. The van der Waals surface area contributed by atoms with Crippen molar-refractivity contribution in [1.82, 2.24) is 25.1 Å². The minimum absolute atomic E-state index is 0.175. The van der Waals surface area contributed by atoms with E-state index in [1.165, 1.54) is 25.3 Å². The summed E-state index contributed by atoms with van der Waals surface area (Å²) >= 11 is 0. The lowest BCUT2D eigenvalue weighted by molar-refractivity contribution is 0.0944. The molecule has 2 aliphatic carbocycles. The number of nitrogens with zero attached hydrogens (tertiary/aromatic N) is 3. The molecule has 23 heavy (non-hydrogen) atoms. The summed E-state index contributed by atoms with van der Waals surface area (Å²) in [6.07, 6.45) is 7.61. The van der Waals surface area contributed by atoms with Gasteiger partial charge in [0.2, 0.25) is 0 Å². The zero-order valence-electron chi connectivity index (χ0n) is 12.8. The summed E-state index contributed by atoms with van der Waals surface area (Å²) in [4.78, 5) is 30.8. The molecule has 1 amide bonds. The van der Waals surface area contributed by atoms with E-state index < -0.39 is 0 Å². The molecule has 0 atom stereocenters. The van der Waals surface area contributed by atoms with Crippen LogP contribution in [0.25, 0.3) is 0 Å². The summed E-state index contributed by atoms with van der Waals surface area (Å²) in [7, 11) is 0. The van der Waals surface area contributed by atoms with Gasteiger partial charge in [0.15, 0.2) is 0 Å². The normalized spacial score (nSPS) is 17.7. The first-order chi connectivity index (χ1) is 11.2. The van der Waals surface area contributed by atoms with Crippen molar-refractivity contribution in [2.45, 2.75) is 50.6 Å². The summed E-state index contributed by atoms with van der Waals surface area (Å²) < 4.78 is 1.97. The summed E-state index contributed by atoms with van der Waals surface area (Å²) in [5.41, 5.74) is 0.716. The molecule has 2 aromatic heterocycles. The third kappa shape index (κ3) is 3.04. The van der Waals surface area contributed by atoms with Gasteiger partial charge in [0.25, 0.3) is 11.5 Å². The molecule has 0 aliphatic heterocycles. The molecule has 2 heterocycles. The molecule has 4 rings (SSSR count). The molecule has 0 radical (unpaired) electrons. The fourth-order valence-corrected chi connectivity index (χ4v) is 2.73. The van der Waals surface area contributed by atoms with Crippen molar-refractivity contribution in [3.05, 3.63) is 45.9 Å². The molecule has 0 spiro atoms. The molecule has 0 saturated heterocycles. The van der Waals surface area contributed by atoms with Gasteiger partial charge in [-0.2, -0.15) is 5.10 Å². The molecule has 0 aromatic carbocycles. The van der Waals surface area contributed by atoms with Gasteiger partial charge in [-0.25, -0.2) is 4.98 Å². The van der Waals surface area contributed by atoms with Gasteiger partial charge < -0.3 is 10.3 Å². The van der Waals surface area contributed by atoms with Gasteiger partial charge in [-0.05, 0) is 38.2 Å². The second kappa shape index (κ2) is 5.64. The van der Waals surface area contributed by atoms with Crippen molar-refractivity contribution >= 4 is 5.91 Å². The molecular formula is C16H19N5O2. The fourth-order valence-electron chi connectivity index (χ4n) is 2.73. The van der Waals surface area contributed by atoms with Crippen molar-refractivity contribution in [2.75, 3.05) is 0 Å². The standard InChI is InChI=1S/C16H19N5O2/c22-14-8-13(18-15(19-14)10-4-5-10)16(23)17-9-11-6-7-21(20-11)12-2-1-3-12/h6-8,10,12H,1-5,9H2,(H,17,23)(H,18,19,22). The third-order valence-corrected chi connectivity index (χ3v) is 4.50. The molecule has 2 aromatic rings. The van der Waals surface area contributed by atoms with Crippen LogP contribution in [-0.2, 0) is 6.54 Å². The topological polar surface area (TPSA) is 92.7 Å². The van der Waals surface area contributed by atoms with E-state index in [9.17, 15) is 9.59 Å². The Morgan fingerprint density at radius 1 is 1.35 bits per heavy atom. The largest absolute Gasteiger partial charge is 0.345 e. The van der Waals surface area contributed by atoms with E-state index in [1.807, 2.05) is 16.9 Å². The summed E-state index contributed by atoms with van der Waals surface area (Å²) in [5, 5.41) is 7.27. The maximum atomic E-state index is 12.2. The number of H-pyrrole nitrogens is 1. The number of carbonyl (C=O) groups is 1. The Morgan fingerprint density at radius 2 is 2.17 bits per heavy atom. The number of amides is 1. The smallest absolute Gasteiger partial charge is 0.270 e. The molecule has 2 saturated carbocycles. The fraction of sp³-hybridized carbons (Fsp3) is 0.500. The summed E-state index contributed by atoms with van der Waals surface area (Å²) in [6, 6.07) is 3.67. The Balaban J connectivity index is 1.41. The molecule has 7 heteroatoms. The van der Waals surface area contributed by atoms with E-state index in [1.54, 1.807) is 0 Å². The van der Waals surface area contributed by atoms with Gasteiger partial charge in [-0.1, -0.05) is 0 Å². The van der Waals surface area contributed by atoms with E-state index in [0.717, 1.165) is 18.5 Å². The number of nitrogens with one attached hydrogen (secondary N) is 2. The Hall–Kier alpha value is -2.44. The van der Waals surface area contributed by atoms with Gasteiger partial charge in [0.1, 0.15) is 11.5 Å².